The molecule has 0 bridgehead atoms. The maximum absolute atomic E-state index is 12.5. The van der Waals surface area contributed by atoms with Crippen LogP contribution < -0.4 is 27.5 Å². The highest BCUT2D eigenvalue weighted by atomic mass is 32.1. The van der Waals surface area contributed by atoms with Crippen LogP contribution in [0.4, 0.5) is 9.80 Å². The van der Waals surface area contributed by atoms with E-state index in [4.69, 9.17) is 29.4 Å². The molecule has 67 heavy (non-hydrogen) atoms. The van der Waals surface area contributed by atoms with Gasteiger partial charge in [-0.3, -0.25) is 19.7 Å². The van der Waals surface area contributed by atoms with Gasteiger partial charge in [0.15, 0.2) is 0 Å². The standard InChI is InChI=1S/C17H21N3O5S.C15H22N2O4S.C12H13N3O3S/c1-5-24-15(22)12-18-13(21)11-9-8-20(16(23)25-17(2,3)4)7-6-10(9)26-14(11)19-12;1-5-20-14(19)11-8-7-17-9(6-10(8)22-12(11)16)13(18)21-15(2,3)4;1-2-18-12(17)9-14-10(16)8-6-5-13-4-3-7(6)19-11(8)15-9/h5-8H2,1-4H3,(H,18,19,21);9,17H,5-7,16H2,1-4H3;13H,2-5H2,1H3,(H,14,15,16). The number of nitrogen functional groups attached to an aromatic ring is 1. The van der Waals surface area contributed by atoms with Crippen LogP contribution >= 0.6 is 34.0 Å². The molecule has 5 aromatic rings. The number of amides is 1. The van der Waals surface area contributed by atoms with Crippen molar-refractivity contribution in [2.24, 2.45) is 0 Å². The second-order valence-corrected chi connectivity index (χ2v) is 20.7. The third-order valence-corrected chi connectivity index (χ3v) is 13.5. The lowest BCUT2D eigenvalue weighted by atomic mass is 10.0. The molecule has 0 radical (unpaired) electrons. The Balaban J connectivity index is 0.000000168. The zero-order valence-corrected chi connectivity index (χ0v) is 41.3. The molecule has 6 N–H and O–H groups in total. The van der Waals surface area contributed by atoms with Gasteiger partial charge in [0.05, 0.1) is 42.7 Å². The van der Waals surface area contributed by atoms with E-state index in [2.05, 4.69) is 30.6 Å². The Bertz CT molecular complexity index is 2810. The van der Waals surface area contributed by atoms with Crippen molar-refractivity contribution >= 4 is 89.4 Å². The first-order valence-electron chi connectivity index (χ1n) is 21.8. The molecule has 0 aliphatic carbocycles. The summed E-state index contributed by atoms with van der Waals surface area (Å²) in [6.45, 7) is 19.6. The Labute approximate surface area is 397 Å². The molecular weight excluding hydrogens is 929 g/mol. The second kappa shape index (κ2) is 21.0. The average Bonchev–Trinajstić information content (AvgIpc) is 3.93. The van der Waals surface area contributed by atoms with Gasteiger partial charge >= 0.3 is 30.0 Å². The number of anilines is 1. The molecule has 0 saturated carbocycles. The molecule has 362 valence electrons. The Morgan fingerprint density at radius 1 is 0.701 bits per heavy atom. The van der Waals surface area contributed by atoms with Crippen molar-refractivity contribution in [1.82, 2.24) is 35.5 Å². The number of fused-ring (bicyclic) bond motifs is 7. The number of rotatable bonds is 7. The van der Waals surface area contributed by atoms with Crippen molar-refractivity contribution in [3.05, 3.63) is 69.2 Å². The first kappa shape index (κ1) is 50.7. The van der Waals surface area contributed by atoms with Crippen LogP contribution in [-0.2, 0) is 67.4 Å². The summed E-state index contributed by atoms with van der Waals surface area (Å²) in [7, 11) is 0. The number of ether oxygens (including phenoxy) is 5. The summed E-state index contributed by atoms with van der Waals surface area (Å²) in [5, 5.41) is 7.82. The fraction of sp³-hybridized carbons (Fsp3) is 0.523. The van der Waals surface area contributed by atoms with Crippen molar-refractivity contribution in [3.8, 4) is 0 Å². The van der Waals surface area contributed by atoms with E-state index in [1.54, 1.807) is 25.7 Å². The van der Waals surface area contributed by atoms with E-state index in [9.17, 15) is 33.6 Å². The highest BCUT2D eigenvalue weighted by molar-refractivity contribution is 7.19. The smallest absolute Gasteiger partial charge is 0.410 e. The summed E-state index contributed by atoms with van der Waals surface area (Å²) in [5.41, 5.74) is 7.21. The molecule has 5 aromatic heterocycles. The lowest BCUT2D eigenvalue weighted by Gasteiger charge is -2.30. The van der Waals surface area contributed by atoms with Gasteiger partial charge in [-0.15, -0.1) is 34.0 Å². The number of aromatic nitrogens is 4. The molecule has 23 heteroatoms. The van der Waals surface area contributed by atoms with Crippen LogP contribution in [0.5, 0.6) is 0 Å². The summed E-state index contributed by atoms with van der Waals surface area (Å²) in [6.07, 6.45) is 1.57. The average molecular weight is 985 g/mol. The number of thiophene rings is 3. The molecule has 8 rings (SSSR count). The van der Waals surface area contributed by atoms with Crippen LogP contribution in [0.2, 0.25) is 0 Å². The number of carbonyl (C=O) groups is 5. The van der Waals surface area contributed by atoms with Gasteiger partial charge in [0.2, 0.25) is 11.6 Å². The predicted octanol–water partition coefficient (Wildman–Crippen LogP) is 5.12. The van der Waals surface area contributed by atoms with Gasteiger partial charge in [-0.1, -0.05) is 0 Å². The fourth-order valence-corrected chi connectivity index (χ4v) is 10.8. The highest BCUT2D eigenvalue weighted by Crippen LogP contribution is 2.36. The number of nitrogens with one attached hydrogen (secondary N) is 4. The van der Waals surface area contributed by atoms with Crippen LogP contribution in [0.25, 0.3) is 20.4 Å². The number of carbonyl (C=O) groups excluding carboxylic acids is 5. The topological polar surface area (TPSA) is 276 Å². The molecule has 1 atom stereocenters. The monoisotopic (exact) mass is 984 g/mol. The van der Waals surface area contributed by atoms with Gasteiger partial charge in [-0.25, -0.2) is 29.1 Å². The van der Waals surface area contributed by atoms with Crippen molar-refractivity contribution in [3.63, 3.8) is 0 Å². The SMILES string of the molecule is CCOC(=O)c1c(N)sc2c1CNC(C(=O)OC(C)(C)C)C2.CCOC(=O)c1nc2sc3c(c2c(=O)[nH]1)CN(C(=O)OC(C)(C)C)CC3.CCOC(=O)c1nc2sc3c(c2c(=O)[nH]1)CNCC3. The van der Waals surface area contributed by atoms with Gasteiger partial charge in [-0.2, -0.15) is 0 Å². The Morgan fingerprint density at radius 3 is 1.79 bits per heavy atom. The van der Waals surface area contributed by atoms with E-state index < -0.39 is 46.8 Å². The Kier molecular flexibility index (Phi) is 15.9. The van der Waals surface area contributed by atoms with E-state index in [0.717, 1.165) is 39.4 Å². The fourth-order valence-electron chi connectivity index (χ4n) is 7.31. The van der Waals surface area contributed by atoms with Crippen LogP contribution in [-0.4, -0.2) is 105 Å². The molecule has 3 aliphatic heterocycles. The summed E-state index contributed by atoms with van der Waals surface area (Å²) >= 11 is 4.20. The molecule has 20 nitrogen and oxygen atoms in total. The van der Waals surface area contributed by atoms with Gasteiger partial charge in [0.1, 0.15) is 31.9 Å². The minimum Gasteiger partial charge on any atom is -0.462 e. The molecule has 0 aromatic carbocycles. The maximum atomic E-state index is 12.5. The predicted molar refractivity (Wildman–Crippen MR) is 253 cm³/mol. The number of H-pyrrole nitrogens is 2. The number of hydrogen-bond donors (Lipinski definition) is 5. The lowest BCUT2D eigenvalue weighted by Crippen LogP contribution is -2.44. The van der Waals surface area contributed by atoms with Gasteiger partial charge < -0.3 is 49.6 Å². The number of nitrogens with zero attached hydrogens (tertiary/aromatic N) is 3. The summed E-state index contributed by atoms with van der Waals surface area (Å²) in [6, 6.07) is -0.417. The zero-order valence-electron chi connectivity index (χ0n) is 38.9. The highest BCUT2D eigenvalue weighted by Gasteiger charge is 2.34. The minimum absolute atomic E-state index is 0.0223. The molecule has 8 heterocycles. The quantitative estimate of drug-likeness (QED) is 0.104. The molecule has 1 amide bonds. The van der Waals surface area contributed by atoms with E-state index in [1.165, 1.54) is 38.9 Å². The Morgan fingerprint density at radius 2 is 1.24 bits per heavy atom. The minimum atomic E-state index is -0.659. The molecule has 3 aliphatic rings. The summed E-state index contributed by atoms with van der Waals surface area (Å²) < 4.78 is 25.6. The number of nitrogens with two attached hydrogens (primary N) is 1. The lowest BCUT2D eigenvalue weighted by molar-refractivity contribution is -0.157. The Hall–Kier alpha value is -5.75. The molecule has 1 unspecified atom stereocenters. The first-order chi connectivity index (χ1) is 31.6. The number of aromatic amines is 2. The molecule has 0 saturated heterocycles. The molecule has 0 fully saturated rings. The van der Waals surface area contributed by atoms with Crippen molar-refractivity contribution in [2.45, 2.75) is 118 Å². The van der Waals surface area contributed by atoms with Crippen LogP contribution in [0.1, 0.15) is 125 Å². The van der Waals surface area contributed by atoms with Crippen LogP contribution in [0.3, 0.4) is 0 Å². The zero-order chi connectivity index (χ0) is 49.0. The van der Waals surface area contributed by atoms with Gasteiger partial charge in [0, 0.05) is 52.8 Å². The van der Waals surface area contributed by atoms with E-state index >= 15 is 0 Å². The van der Waals surface area contributed by atoms with Crippen molar-refractivity contribution in [1.29, 1.82) is 0 Å². The number of esters is 4. The molecule has 0 spiro atoms. The van der Waals surface area contributed by atoms with Gasteiger partial charge in [-0.05, 0) is 86.3 Å². The van der Waals surface area contributed by atoms with Crippen LogP contribution in [0, 0.1) is 0 Å². The summed E-state index contributed by atoms with van der Waals surface area (Å²) in [5.74, 6) is -2.07. The van der Waals surface area contributed by atoms with Gasteiger partial charge in [0.25, 0.3) is 11.1 Å². The van der Waals surface area contributed by atoms with Crippen molar-refractivity contribution in [2.75, 3.05) is 38.6 Å². The maximum Gasteiger partial charge on any atom is 0.410 e. The third kappa shape index (κ3) is 12.1. The third-order valence-electron chi connectivity index (χ3n) is 10.1. The summed E-state index contributed by atoms with van der Waals surface area (Å²) in [4.78, 5) is 104. The van der Waals surface area contributed by atoms with Crippen LogP contribution in [0.15, 0.2) is 9.59 Å². The van der Waals surface area contributed by atoms with E-state index in [1.807, 2.05) is 41.5 Å². The largest absolute Gasteiger partial charge is 0.462 e. The molecular formula is C44H56N8O12S3. The first-order valence-corrected chi connectivity index (χ1v) is 24.2. The van der Waals surface area contributed by atoms with E-state index in [-0.39, 0.29) is 42.9 Å². The normalized spacial score (nSPS) is 15.4. The number of hydrogen-bond acceptors (Lipinski definition) is 20. The second-order valence-electron chi connectivity index (χ2n) is 17.4. The van der Waals surface area contributed by atoms with E-state index in [0.29, 0.717) is 70.1 Å². The van der Waals surface area contributed by atoms with Crippen molar-refractivity contribution < 1.29 is 47.7 Å².